The van der Waals surface area contributed by atoms with Crippen LogP contribution < -0.4 is 14.4 Å². The lowest BCUT2D eigenvalue weighted by Crippen LogP contribution is -2.53. The number of anilines is 1. The smallest absolute Gasteiger partial charge is 0.242 e. The van der Waals surface area contributed by atoms with Crippen molar-refractivity contribution in [2.75, 3.05) is 50.2 Å². The van der Waals surface area contributed by atoms with E-state index in [1.807, 2.05) is 36.4 Å². The summed E-state index contributed by atoms with van der Waals surface area (Å²) in [5, 5.41) is 5.31. The standard InChI is InChI=1S/C31H34ClN5O5S/c1-19(38)34-11-13-35(14-12-34)25(39)16-36-26(40)17-43-28(20-9-10-23-24(15-20)42-18-41-23)27-29(31(2,3)4)33-37(30(27)36)22-8-6-5-7-21(22)32/h5-10,15,28H,11-14,16-18H2,1-4H3/t28-/m0/s1. The molecule has 12 heteroatoms. The van der Waals surface area contributed by atoms with Crippen molar-refractivity contribution < 1.29 is 23.9 Å². The monoisotopic (exact) mass is 623 g/mol. The third kappa shape index (κ3) is 5.56. The second-order valence-corrected chi connectivity index (χ2v) is 13.4. The first-order chi connectivity index (χ1) is 20.5. The van der Waals surface area contributed by atoms with E-state index in [9.17, 15) is 14.4 Å². The van der Waals surface area contributed by atoms with Crippen LogP contribution >= 0.6 is 23.4 Å². The van der Waals surface area contributed by atoms with Gasteiger partial charge in [-0.25, -0.2) is 4.68 Å². The van der Waals surface area contributed by atoms with Crippen LogP contribution in [0.5, 0.6) is 11.5 Å². The van der Waals surface area contributed by atoms with Crippen LogP contribution in [0.15, 0.2) is 42.5 Å². The van der Waals surface area contributed by atoms with Gasteiger partial charge < -0.3 is 19.3 Å². The lowest BCUT2D eigenvalue weighted by Gasteiger charge is -2.35. The van der Waals surface area contributed by atoms with E-state index in [0.29, 0.717) is 54.2 Å². The van der Waals surface area contributed by atoms with Crippen LogP contribution in [0.4, 0.5) is 5.82 Å². The number of halogens is 1. The number of thioether (sulfide) groups is 1. The van der Waals surface area contributed by atoms with Crippen LogP contribution in [0.1, 0.15) is 49.8 Å². The minimum Gasteiger partial charge on any atom is -0.454 e. The Hall–Kier alpha value is -3.70. The van der Waals surface area contributed by atoms with Gasteiger partial charge in [-0.3, -0.25) is 19.3 Å². The van der Waals surface area contributed by atoms with Gasteiger partial charge in [0.2, 0.25) is 24.5 Å². The number of rotatable bonds is 4. The molecule has 1 fully saturated rings. The molecule has 3 aromatic rings. The van der Waals surface area contributed by atoms with Gasteiger partial charge in [0.15, 0.2) is 11.5 Å². The first-order valence-electron chi connectivity index (χ1n) is 14.3. The van der Waals surface area contributed by atoms with Crippen LogP contribution in [0.2, 0.25) is 5.02 Å². The molecule has 0 radical (unpaired) electrons. The van der Waals surface area contributed by atoms with Crippen molar-refractivity contribution in [3.63, 3.8) is 0 Å². The number of hydrogen-bond donors (Lipinski definition) is 0. The third-order valence-electron chi connectivity index (χ3n) is 7.95. The number of carbonyl (C=O) groups is 3. The Balaban J connectivity index is 1.49. The highest BCUT2D eigenvalue weighted by molar-refractivity contribution is 8.00. The summed E-state index contributed by atoms with van der Waals surface area (Å²) < 4.78 is 13.0. The minimum absolute atomic E-state index is 0.00984. The van der Waals surface area contributed by atoms with Gasteiger partial charge in [-0.1, -0.05) is 50.6 Å². The first-order valence-corrected chi connectivity index (χ1v) is 15.7. The second-order valence-electron chi connectivity index (χ2n) is 11.9. The van der Waals surface area contributed by atoms with Gasteiger partial charge in [-0.05, 0) is 29.8 Å². The highest BCUT2D eigenvalue weighted by Gasteiger charge is 2.41. The molecular weight excluding hydrogens is 590 g/mol. The molecule has 4 heterocycles. The van der Waals surface area contributed by atoms with Crippen molar-refractivity contribution in [2.24, 2.45) is 0 Å². The van der Waals surface area contributed by atoms with Gasteiger partial charge in [0.25, 0.3) is 0 Å². The number of benzene rings is 2. The summed E-state index contributed by atoms with van der Waals surface area (Å²) in [4.78, 5) is 44.6. The van der Waals surface area contributed by atoms with Gasteiger partial charge in [-0.2, -0.15) is 5.10 Å². The van der Waals surface area contributed by atoms with Gasteiger partial charge in [-0.15, -0.1) is 11.8 Å². The summed E-state index contributed by atoms with van der Waals surface area (Å²) in [5.41, 5.74) is 2.82. The topological polar surface area (TPSA) is 97.2 Å². The predicted octanol–water partition coefficient (Wildman–Crippen LogP) is 4.41. The summed E-state index contributed by atoms with van der Waals surface area (Å²) in [7, 11) is 0. The van der Waals surface area contributed by atoms with Gasteiger partial charge in [0.1, 0.15) is 12.4 Å². The van der Waals surface area contributed by atoms with E-state index in [1.165, 1.54) is 18.7 Å². The van der Waals surface area contributed by atoms with Gasteiger partial charge in [0.05, 0.1) is 27.4 Å². The molecule has 3 aliphatic rings. The first kappa shape index (κ1) is 29.4. The fraction of sp³-hybridized carbons (Fsp3) is 0.419. The molecule has 1 saturated heterocycles. The summed E-state index contributed by atoms with van der Waals surface area (Å²) in [6, 6.07) is 13.2. The van der Waals surface area contributed by atoms with E-state index >= 15 is 0 Å². The van der Waals surface area contributed by atoms with Gasteiger partial charge in [0, 0.05) is 44.1 Å². The fourth-order valence-corrected chi connectivity index (χ4v) is 7.11. The van der Waals surface area contributed by atoms with Crippen molar-refractivity contribution >= 4 is 46.9 Å². The molecule has 2 aromatic carbocycles. The molecule has 3 amide bonds. The highest BCUT2D eigenvalue weighted by atomic mass is 35.5. The molecule has 6 rings (SSSR count). The number of amides is 3. The van der Waals surface area contributed by atoms with E-state index < -0.39 is 5.41 Å². The normalized spacial score (nSPS) is 18.5. The lowest BCUT2D eigenvalue weighted by molar-refractivity contribution is -0.137. The van der Waals surface area contributed by atoms with Crippen molar-refractivity contribution in [1.82, 2.24) is 19.6 Å². The third-order valence-corrected chi connectivity index (χ3v) is 9.52. The Morgan fingerprint density at radius 3 is 2.42 bits per heavy atom. The number of carbonyl (C=O) groups excluding carboxylic acids is 3. The number of fused-ring (bicyclic) bond motifs is 2. The summed E-state index contributed by atoms with van der Waals surface area (Å²) in [6.07, 6.45) is 0. The molecule has 10 nitrogen and oxygen atoms in total. The Bertz CT molecular complexity index is 1590. The molecule has 43 heavy (non-hydrogen) atoms. The van der Waals surface area contributed by atoms with Crippen LogP contribution in [0.3, 0.4) is 0 Å². The Kier molecular flexibility index (Phi) is 7.80. The largest absolute Gasteiger partial charge is 0.454 e. The average molecular weight is 624 g/mol. The number of aromatic nitrogens is 2. The molecule has 0 N–H and O–H groups in total. The van der Waals surface area contributed by atoms with Crippen LogP contribution in [0.25, 0.3) is 5.69 Å². The lowest BCUT2D eigenvalue weighted by atomic mass is 9.87. The molecular formula is C31H34ClN5O5S. The summed E-state index contributed by atoms with van der Waals surface area (Å²) in [5.74, 6) is 1.64. The zero-order valence-electron chi connectivity index (χ0n) is 24.6. The number of piperazine rings is 1. The number of hydrogen-bond acceptors (Lipinski definition) is 7. The van der Waals surface area contributed by atoms with E-state index in [1.54, 1.807) is 25.4 Å². The van der Waals surface area contributed by atoms with Crippen molar-refractivity contribution in [3.05, 3.63) is 64.3 Å². The molecule has 3 aliphatic heterocycles. The highest BCUT2D eigenvalue weighted by Crippen LogP contribution is 2.50. The Labute approximate surface area is 259 Å². The SMILES string of the molecule is CC(=O)N1CCN(C(=O)CN2C(=O)CS[C@@H](c3ccc4c(c3)OCO4)c3c(C(C)(C)C)nn(-c4ccccc4Cl)c32)CC1. The molecule has 0 spiro atoms. The Morgan fingerprint density at radius 1 is 1.02 bits per heavy atom. The van der Waals surface area contributed by atoms with Crippen LogP contribution in [-0.2, 0) is 19.8 Å². The second kappa shape index (κ2) is 11.4. The molecule has 1 aromatic heterocycles. The van der Waals surface area contributed by atoms with Gasteiger partial charge >= 0.3 is 0 Å². The number of ether oxygens (including phenoxy) is 2. The van der Waals surface area contributed by atoms with Crippen molar-refractivity contribution in [3.8, 4) is 17.2 Å². The van der Waals surface area contributed by atoms with E-state index in [2.05, 4.69) is 20.8 Å². The maximum Gasteiger partial charge on any atom is 0.242 e. The van der Waals surface area contributed by atoms with Crippen LogP contribution in [0, 0.1) is 0 Å². The maximum atomic E-state index is 14.0. The number of para-hydroxylation sites is 1. The maximum absolute atomic E-state index is 14.0. The molecule has 0 bridgehead atoms. The minimum atomic E-state index is -0.405. The van der Waals surface area contributed by atoms with Crippen LogP contribution in [-0.4, -0.2) is 82.6 Å². The molecule has 1 atom stereocenters. The quantitative estimate of drug-likeness (QED) is 0.425. The van der Waals surface area contributed by atoms with E-state index in [4.69, 9.17) is 26.2 Å². The number of nitrogens with zero attached hydrogens (tertiary/aromatic N) is 5. The van der Waals surface area contributed by atoms with Crippen molar-refractivity contribution in [2.45, 2.75) is 38.4 Å². The van der Waals surface area contributed by atoms with E-state index in [-0.39, 0.29) is 42.1 Å². The summed E-state index contributed by atoms with van der Waals surface area (Å²) >= 11 is 8.23. The average Bonchev–Trinajstić information content (AvgIpc) is 3.58. The molecule has 0 unspecified atom stereocenters. The van der Waals surface area contributed by atoms with Crippen molar-refractivity contribution in [1.29, 1.82) is 0 Å². The zero-order valence-corrected chi connectivity index (χ0v) is 26.2. The molecule has 0 saturated carbocycles. The fourth-order valence-electron chi connectivity index (χ4n) is 5.71. The predicted molar refractivity (Wildman–Crippen MR) is 165 cm³/mol. The molecule has 226 valence electrons. The molecule has 0 aliphatic carbocycles. The zero-order chi connectivity index (χ0) is 30.5. The Morgan fingerprint density at radius 2 is 1.72 bits per heavy atom. The van der Waals surface area contributed by atoms with E-state index in [0.717, 1.165) is 16.8 Å². The summed E-state index contributed by atoms with van der Waals surface area (Å²) in [6.45, 7) is 9.57.